The van der Waals surface area contributed by atoms with Gasteiger partial charge in [-0.2, -0.15) is 0 Å². The highest BCUT2D eigenvalue weighted by atomic mass is 29.7. The van der Waals surface area contributed by atoms with Crippen LogP contribution in [0.3, 0.4) is 0 Å². The summed E-state index contributed by atoms with van der Waals surface area (Å²) in [5, 5.41) is 0. The lowest BCUT2D eigenvalue weighted by Gasteiger charge is -2.51. The highest BCUT2D eigenvalue weighted by molar-refractivity contribution is 7.67. The van der Waals surface area contributed by atoms with E-state index in [-0.39, 0.29) is 0 Å². The first-order valence-electron chi connectivity index (χ1n) is 8.75. The molecule has 1 saturated heterocycles. The maximum atomic E-state index is 6.84. The molecule has 2 heterocycles. The summed E-state index contributed by atoms with van der Waals surface area (Å²) in [5.41, 5.74) is 0. The zero-order chi connectivity index (χ0) is 15.7. The number of hydrogen-bond acceptors (Lipinski definition) is 2. The van der Waals surface area contributed by atoms with Gasteiger partial charge in [-0.05, 0) is 51.9 Å². The third kappa shape index (κ3) is 3.18. The zero-order valence-corrected chi connectivity index (χ0v) is 17.9. The van der Waals surface area contributed by atoms with E-state index in [0.717, 1.165) is 0 Å². The Labute approximate surface area is 134 Å². The van der Waals surface area contributed by atoms with Crippen molar-refractivity contribution in [3.05, 3.63) is 12.2 Å². The van der Waals surface area contributed by atoms with Crippen LogP contribution in [0.5, 0.6) is 0 Å². The minimum absolute atomic E-state index is 0.374. The molecule has 5 heteroatoms. The molecular weight excluding hydrogens is 308 g/mol. The molecule has 0 aromatic rings. The lowest BCUT2D eigenvalue weighted by atomic mass is 10.4. The van der Waals surface area contributed by atoms with Crippen LogP contribution in [0.15, 0.2) is 12.2 Å². The number of rotatable bonds is 4. The minimum atomic E-state index is -1.67. The van der Waals surface area contributed by atoms with Gasteiger partial charge in [0.25, 0.3) is 0 Å². The predicted molar refractivity (Wildman–Crippen MR) is 99.0 cm³/mol. The van der Waals surface area contributed by atoms with Crippen molar-refractivity contribution in [3.63, 3.8) is 0 Å². The molecule has 0 aromatic heterocycles. The first-order chi connectivity index (χ1) is 9.75. The lowest BCUT2D eigenvalue weighted by Crippen LogP contribution is -2.76. The fourth-order valence-corrected chi connectivity index (χ4v) is 40.5. The molecule has 2 aliphatic rings. The second-order valence-corrected chi connectivity index (χ2v) is 32.0. The van der Waals surface area contributed by atoms with Gasteiger partial charge < -0.3 is 8.85 Å². The van der Waals surface area contributed by atoms with Gasteiger partial charge in [0.15, 0.2) is 15.7 Å². The molecule has 21 heavy (non-hydrogen) atoms. The second kappa shape index (κ2) is 6.43. The van der Waals surface area contributed by atoms with E-state index < -0.39 is 22.8 Å². The van der Waals surface area contributed by atoms with Gasteiger partial charge >= 0.3 is 0 Å². The second-order valence-electron chi connectivity index (χ2n) is 8.03. The number of allylic oxidation sites excluding steroid dienone is 2. The Kier molecular flexibility index (Phi) is 5.41. The van der Waals surface area contributed by atoms with Crippen LogP contribution in [-0.4, -0.2) is 35.0 Å². The van der Waals surface area contributed by atoms with Gasteiger partial charge in [-0.15, -0.1) is 0 Å². The van der Waals surface area contributed by atoms with E-state index >= 15 is 0 Å². The van der Waals surface area contributed by atoms with Crippen LogP contribution in [0.4, 0.5) is 0 Å². The first kappa shape index (κ1) is 17.7. The summed E-state index contributed by atoms with van der Waals surface area (Å²) >= 11 is 0. The van der Waals surface area contributed by atoms with Gasteiger partial charge in [0, 0.05) is 12.2 Å². The molecule has 0 N–H and O–H groups in total. The van der Waals surface area contributed by atoms with Gasteiger partial charge in [0.1, 0.15) is 7.11 Å². The molecule has 2 unspecified atom stereocenters. The fraction of sp³-hybridized carbons (Fsp3) is 0.875. The average Bonchev–Trinajstić information content (AvgIpc) is 2.51. The first-order valence-corrected chi connectivity index (χ1v) is 18.4. The van der Waals surface area contributed by atoms with E-state index in [4.69, 9.17) is 8.85 Å². The summed E-state index contributed by atoms with van der Waals surface area (Å²) in [6.45, 7) is 14.2. The quantitative estimate of drug-likeness (QED) is 0.531. The van der Waals surface area contributed by atoms with Crippen molar-refractivity contribution < 1.29 is 8.85 Å². The molecule has 0 saturated carbocycles. The van der Waals surface area contributed by atoms with Crippen molar-refractivity contribution >= 4 is 22.8 Å². The molecule has 0 amide bonds. The summed E-state index contributed by atoms with van der Waals surface area (Å²) in [4.78, 5) is 0. The topological polar surface area (TPSA) is 18.5 Å². The van der Waals surface area contributed by atoms with E-state index in [1.165, 1.54) is 37.0 Å². The maximum Gasteiger partial charge on any atom is 0.183 e. The molecular formula is C16H34O2Si3. The highest BCUT2D eigenvalue weighted by Gasteiger charge is 2.65. The molecule has 122 valence electrons. The van der Waals surface area contributed by atoms with Gasteiger partial charge in [-0.1, -0.05) is 38.1 Å². The number of hydrogen-bond donors (Lipinski definition) is 0. The SMILES string of the molecule is CC(C)O[Si]12CC=CC[Si](OC(C)C)(CCCC1)[Si]2(C)C. The molecule has 1 fully saturated rings. The molecule has 2 rings (SSSR count). The molecule has 2 nitrogen and oxygen atoms in total. The molecule has 0 aliphatic carbocycles. The van der Waals surface area contributed by atoms with Crippen LogP contribution in [0, 0.1) is 0 Å². The van der Waals surface area contributed by atoms with Crippen molar-refractivity contribution in [2.45, 2.75) is 90.0 Å². The van der Waals surface area contributed by atoms with E-state index in [1.54, 1.807) is 0 Å². The predicted octanol–water partition coefficient (Wildman–Crippen LogP) is 4.96. The van der Waals surface area contributed by atoms with Gasteiger partial charge in [0.05, 0.1) is 0 Å². The Balaban J connectivity index is 2.50. The van der Waals surface area contributed by atoms with Crippen LogP contribution in [-0.2, 0) is 8.85 Å². The van der Waals surface area contributed by atoms with Crippen LogP contribution >= 0.6 is 0 Å². The van der Waals surface area contributed by atoms with Crippen molar-refractivity contribution in [1.82, 2.24) is 0 Å². The largest absolute Gasteiger partial charge is 0.417 e. The Hall–Kier alpha value is 0.311. The third-order valence-corrected chi connectivity index (χ3v) is 41.5. The van der Waals surface area contributed by atoms with Crippen LogP contribution in [0.2, 0.25) is 37.3 Å². The van der Waals surface area contributed by atoms with E-state index in [1.807, 2.05) is 0 Å². The normalized spacial score (nSPS) is 35.8. The summed E-state index contributed by atoms with van der Waals surface area (Å²) in [7, 11) is -4.84. The molecule has 2 aliphatic heterocycles. The molecule has 0 spiro atoms. The third-order valence-electron chi connectivity index (χ3n) is 5.67. The molecule has 0 aromatic carbocycles. The average molecular weight is 343 g/mol. The molecule has 2 bridgehead atoms. The van der Waals surface area contributed by atoms with Gasteiger partial charge in [-0.3, -0.25) is 0 Å². The summed E-state index contributed by atoms with van der Waals surface area (Å²) < 4.78 is 13.7. The zero-order valence-electron chi connectivity index (χ0n) is 14.9. The molecule has 0 radical (unpaired) electrons. The summed E-state index contributed by atoms with van der Waals surface area (Å²) in [6.07, 6.45) is 8.43. The summed E-state index contributed by atoms with van der Waals surface area (Å²) in [5.74, 6) is 0. The highest BCUT2D eigenvalue weighted by Crippen LogP contribution is 2.47. The number of fused-ring (bicyclic) bond motifs is 2. The Morgan fingerprint density at radius 2 is 1.14 bits per heavy atom. The van der Waals surface area contributed by atoms with E-state index in [9.17, 15) is 0 Å². The van der Waals surface area contributed by atoms with Crippen molar-refractivity contribution in [1.29, 1.82) is 0 Å². The fourth-order valence-electron chi connectivity index (χ4n) is 4.53. The summed E-state index contributed by atoms with van der Waals surface area (Å²) in [6, 6.07) is 5.26. The van der Waals surface area contributed by atoms with E-state index in [2.05, 4.69) is 52.9 Å². The maximum absolute atomic E-state index is 6.84. The standard InChI is InChI=1S/C16H34O2Si3/c1-15(2)17-20-11-7-9-13-21(18-16(3)4,19(20,5)6)14-10-8-12-20/h7,9,15-16H,8,10-14H2,1-6H3. The van der Waals surface area contributed by atoms with Crippen molar-refractivity contribution in [2.75, 3.05) is 0 Å². The van der Waals surface area contributed by atoms with Crippen LogP contribution in [0.1, 0.15) is 40.5 Å². The van der Waals surface area contributed by atoms with Gasteiger partial charge in [-0.25, -0.2) is 0 Å². The smallest absolute Gasteiger partial charge is 0.183 e. The Morgan fingerprint density at radius 3 is 1.48 bits per heavy atom. The Bertz CT molecular complexity index is 361. The minimum Gasteiger partial charge on any atom is -0.417 e. The van der Waals surface area contributed by atoms with Gasteiger partial charge in [0.2, 0.25) is 0 Å². The monoisotopic (exact) mass is 342 g/mol. The molecule has 2 atom stereocenters. The van der Waals surface area contributed by atoms with E-state index in [0.29, 0.717) is 12.2 Å². The van der Waals surface area contributed by atoms with Crippen LogP contribution < -0.4 is 0 Å². The van der Waals surface area contributed by atoms with Crippen LogP contribution in [0.25, 0.3) is 0 Å². The Morgan fingerprint density at radius 1 is 0.762 bits per heavy atom. The lowest BCUT2D eigenvalue weighted by molar-refractivity contribution is 0.231. The van der Waals surface area contributed by atoms with Crippen molar-refractivity contribution in [3.8, 4) is 0 Å². The van der Waals surface area contributed by atoms with Crippen molar-refractivity contribution in [2.24, 2.45) is 0 Å².